The van der Waals surface area contributed by atoms with Crippen LogP contribution >= 0.6 is 34.5 Å². The number of hydrogen-bond donors (Lipinski definition) is 1. The number of halogens is 3. The van der Waals surface area contributed by atoms with E-state index in [0.717, 1.165) is 5.56 Å². The Bertz CT molecular complexity index is 992. The second-order valence-electron chi connectivity index (χ2n) is 4.96. The molecule has 7 heteroatoms. The average Bonchev–Trinajstić information content (AvgIpc) is 3.06. The quantitative estimate of drug-likeness (QED) is 0.537. The molecule has 0 bridgehead atoms. The Hall–Kier alpha value is -2.39. The summed E-state index contributed by atoms with van der Waals surface area (Å²) in [5.74, 6) is -0.399. The number of aromatic nitrogens is 1. The van der Waals surface area contributed by atoms with Crippen molar-refractivity contribution in [1.29, 1.82) is 5.26 Å². The molecule has 0 aliphatic heterocycles. The first-order valence-corrected chi connectivity index (χ1v) is 8.74. The van der Waals surface area contributed by atoms with E-state index in [9.17, 15) is 9.65 Å². The van der Waals surface area contributed by atoms with Crippen molar-refractivity contribution < 1.29 is 4.39 Å². The van der Waals surface area contributed by atoms with Crippen LogP contribution in [0.3, 0.4) is 0 Å². The number of anilines is 1. The molecule has 0 saturated carbocycles. The van der Waals surface area contributed by atoms with Gasteiger partial charge in [0.25, 0.3) is 0 Å². The molecule has 124 valence electrons. The number of thiazole rings is 1. The number of allylic oxidation sites excluding steroid dienone is 1. The van der Waals surface area contributed by atoms with Gasteiger partial charge in [-0.2, -0.15) is 5.26 Å². The van der Waals surface area contributed by atoms with Gasteiger partial charge in [-0.3, -0.25) is 0 Å². The van der Waals surface area contributed by atoms with Crippen LogP contribution in [0.1, 0.15) is 5.01 Å². The van der Waals surface area contributed by atoms with Crippen molar-refractivity contribution in [2.45, 2.75) is 0 Å². The number of para-hydroxylation sites is 1. The van der Waals surface area contributed by atoms with Crippen LogP contribution < -0.4 is 5.32 Å². The maximum Gasteiger partial charge on any atom is 0.146 e. The zero-order valence-electron chi connectivity index (χ0n) is 12.6. The summed E-state index contributed by atoms with van der Waals surface area (Å²) in [6, 6.07) is 13.4. The summed E-state index contributed by atoms with van der Waals surface area (Å²) >= 11 is 13.4. The number of rotatable bonds is 4. The molecule has 0 atom stereocenters. The zero-order chi connectivity index (χ0) is 17.8. The normalized spacial score (nSPS) is 11.2. The maximum absolute atomic E-state index is 13.6. The van der Waals surface area contributed by atoms with Gasteiger partial charge in [0.05, 0.1) is 16.4 Å². The average molecular weight is 390 g/mol. The number of benzene rings is 2. The minimum atomic E-state index is -0.399. The third-order valence-corrected chi connectivity index (χ3v) is 4.73. The first-order valence-electron chi connectivity index (χ1n) is 7.11. The van der Waals surface area contributed by atoms with E-state index >= 15 is 0 Å². The van der Waals surface area contributed by atoms with Gasteiger partial charge in [0.15, 0.2) is 0 Å². The lowest BCUT2D eigenvalue weighted by Gasteiger charge is -2.02. The highest BCUT2D eigenvalue weighted by Gasteiger charge is 2.12. The Labute approximate surface area is 158 Å². The van der Waals surface area contributed by atoms with Gasteiger partial charge in [-0.25, -0.2) is 9.37 Å². The molecule has 2 aromatic carbocycles. The molecule has 0 saturated heterocycles. The summed E-state index contributed by atoms with van der Waals surface area (Å²) in [6.07, 6.45) is 1.44. The van der Waals surface area contributed by atoms with Gasteiger partial charge in [-0.15, -0.1) is 11.3 Å². The second-order valence-corrected chi connectivity index (χ2v) is 6.66. The van der Waals surface area contributed by atoms with E-state index in [1.54, 1.807) is 41.8 Å². The van der Waals surface area contributed by atoms with Crippen LogP contribution in [0.4, 0.5) is 10.1 Å². The van der Waals surface area contributed by atoms with Crippen LogP contribution in [-0.4, -0.2) is 4.98 Å². The van der Waals surface area contributed by atoms with E-state index in [0.29, 0.717) is 26.3 Å². The lowest BCUT2D eigenvalue weighted by atomic mass is 10.2. The monoisotopic (exact) mass is 389 g/mol. The molecule has 0 spiro atoms. The van der Waals surface area contributed by atoms with Crippen LogP contribution in [-0.2, 0) is 0 Å². The summed E-state index contributed by atoms with van der Waals surface area (Å²) in [4.78, 5) is 4.44. The fraction of sp³-hybridized carbons (Fsp3) is 0. The molecule has 3 rings (SSSR count). The van der Waals surface area contributed by atoms with E-state index in [4.69, 9.17) is 23.2 Å². The zero-order valence-corrected chi connectivity index (χ0v) is 15.0. The fourth-order valence-electron chi connectivity index (χ4n) is 2.09. The van der Waals surface area contributed by atoms with E-state index in [1.807, 2.05) is 0 Å². The highest BCUT2D eigenvalue weighted by molar-refractivity contribution is 7.11. The SMILES string of the molecule is N#C/C(=C\Nc1ccccc1F)c1nc(-c2ccc(Cl)cc2Cl)cs1. The maximum atomic E-state index is 13.6. The first-order chi connectivity index (χ1) is 12.1. The minimum absolute atomic E-state index is 0.285. The van der Waals surface area contributed by atoms with Crippen molar-refractivity contribution in [3.05, 3.63) is 74.9 Å². The van der Waals surface area contributed by atoms with Gasteiger partial charge in [-0.05, 0) is 30.3 Å². The molecule has 25 heavy (non-hydrogen) atoms. The van der Waals surface area contributed by atoms with Gasteiger partial charge >= 0.3 is 0 Å². The lowest BCUT2D eigenvalue weighted by molar-refractivity contribution is 0.632. The smallest absolute Gasteiger partial charge is 0.146 e. The highest BCUT2D eigenvalue weighted by atomic mass is 35.5. The van der Waals surface area contributed by atoms with Gasteiger partial charge in [0.2, 0.25) is 0 Å². The second kappa shape index (κ2) is 7.66. The highest BCUT2D eigenvalue weighted by Crippen LogP contribution is 2.32. The largest absolute Gasteiger partial charge is 0.358 e. The van der Waals surface area contributed by atoms with E-state index in [1.165, 1.54) is 23.6 Å². The summed E-state index contributed by atoms with van der Waals surface area (Å²) in [5.41, 5.74) is 1.96. The van der Waals surface area contributed by atoms with Gasteiger partial charge in [0, 0.05) is 22.2 Å². The van der Waals surface area contributed by atoms with Crippen molar-refractivity contribution in [3.63, 3.8) is 0 Å². The molecule has 0 radical (unpaired) electrons. The third-order valence-electron chi connectivity index (χ3n) is 3.31. The topological polar surface area (TPSA) is 48.7 Å². The fourth-order valence-corrected chi connectivity index (χ4v) is 3.38. The van der Waals surface area contributed by atoms with Crippen molar-refractivity contribution in [2.24, 2.45) is 0 Å². The Morgan fingerprint density at radius 2 is 2.04 bits per heavy atom. The van der Waals surface area contributed by atoms with Crippen LogP contribution in [0.25, 0.3) is 16.8 Å². The molecule has 0 aliphatic rings. The molecule has 0 fully saturated rings. The van der Waals surface area contributed by atoms with Crippen LogP contribution in [0.15, 0.2) is 54.0 Å². The minimum Gasteiger partial charge on any atom is -0.358 e. The summed E-state index contributed by atoms with van der Waals surface area (Å²) in [7, 11) is 0. The summed E-state index contributed by atoms with van der Waals surface area (Å²) < 4.78 is 13.6. The Morgan fingerprint density at radius 3 is 2.76 bits per heavy atom. The van der Waals surface area contributed by atoms with Crippen molar-refractivity contribution in [2.75, 3.05) is 5.32 Å². The molecular weight excluding hydrogens is 380 g/mol. The molecule has 3 nitrogen and oxygen atoms in total. The number of nitrogens with one attached hydrogen (secondary N) is 1. The Morgan fingerprint density at radius 1 is 1.24 bits per heavy atom. The Balaban J connectivity index is 1.88. The van der Waals surface area contributed by atoms with Crippen molar-refractivity contribution in [3.8, 4) is 17.3 Å². The van der Waals surface area contributed by atoms with Crippen LogP contribution in [0.2, 0.25) is 10.0 Å². The molecule has 0 aliphatic carbocycles. The lowest BCUT2D eigenvalue weighted by Crippen LogP contribution is -1.93. The first kappa shape index (κ1) is 17.4. The van der Waals surface area contributed by atoms with E-state index in [-0.39, 0.29) is 5.69 Å². The van der Waals surface area contributed by atoms with E-state index in [2.05, 4.69) is 16.4 Å². The van der Waals surface area contributed by atoms with Crippen molar-refractivity contribution in [1.82, 2.24) is 4.98 Å². The van der Waals surface area contributed by atoms with Gasteiger partial charge < -0.3 is 5.32 Å². The van der Waals surface area contributed by atoms with Crippen LogP contribution in [0, 0.1) is 17.1 Å². The molecule has 1 heterocycles. The molecule has 1 aromatic heterocycles. The van der Waals surface area contributed by atoms with Crippen LogP contribution in [0.5, 0.6) is 0 Å². The number of hydrogen-bond acceptors (Lipinski definition) is 4. The van der Waals surface area contributed by atoms with Gasteiger partial charge in [-0.1, -0.05) is 35.3 Å². The Kier molecular flexibility index (Phi) is 5.34. The standard InChI is InChI=1S/C18H10Cl2FN3S/c19-12-5-6-13(14(20)7-12)17-10-25-18(24-17)11(8-22)9-23-16-4-2-1-3-15(16)21/h1-7,9-10,23H/b11-9+. The summed E-state index contributed by atoms with van der Waals surface area (Å²) in [6.45, 7) is 0. The van der Waals surface area contributed by atoms with E-state index < -0.39 is 5.82 Å². The molecule has 0 amide bonds. The summed E-state index contributed by atoms with van der Waals surface area (Å²) in [5, 5.41) is 15.5. The number of nitriles is 1. The predicted octanol–water partition coefficient (Wildman–Crippen LogP) is 6.23. The third kappa shape index (κ3) is 3.99. The molecular formula is C18H10Cl2FN3S. The molecule has 3 aromatic rings. The van der Waals surface area contributed by atoms with Crippen molar-refractivity contribution >= 4 is 45.8 Å². The molecule has 0 unspecified atom stereocenters. The molecule has 1 N–H and O–H groups in total. The van der Waals surface area contributed by atoms with Gasteiger partial charge in [0.1, 0.15) is 22.5 Å². The predicted molar refractivity (Wildman–Crippen MR) is 101 cm³/mol. The number of nitrogens with zero attached hydrogens (tertiary/aromatic N) is 2.